The topological polar surface area (TPSA) is 109 Å². The summed E-state index contributed by atoms with van der Waals surface area (Å²) in [5.74, 6) is 2.52. The van der Waals surface area contributed by atoms with E-state index in [4.69, 9.17) is 19.4 Å². The number of nitrogens with one attached hydrogen (secondary N) is 4. The van der Waals surface area contributed by atoms with Crippen molar-refractivity contribution in [3.05, 3.63) is 48.5 Å². The van der Waals surface area contributed by atoms with Gasteiger partial charge < -0.3 is 20.1 Å². The van der Waals surface area contributed by atoms with Crippen molar-refractivity contribution >= 4 is 22.6 Å². The number of methoxy groups -OCH3 is 1. The lowest BCUT2D eigenvalue weighted by molar-refractivity contribution is -0.123. The summed E-state index contributed by atoms with van der Waals surface area (Å²) < 4.78 is 10.7. The second-order valence-electron chi connectivity index (χ2n) is 9.12. The van der Waals surface area contributed by atoms with Gasteiger partial charge in [-0.2, -0.15) is 0 Å². The van der Waals surface area contributed by atoms with Crippen LogP contribution in [0.1, 0.15) is 19.3 Å². The van der Waals surface area contributed by atoms with Crippen molar-refractivity contribution in [2.45, 2.75) is 31.3 Å². The van der Waals surface area contributed by atoms with Crippen molar-refractivity contribution in [3.8, 4) is 17.1 Å². The molecule has 0 bridgehead atoms. The third kappa shape index (κ3) is 5.70. The largest absolute Gasteiger partial charge is 0.484 e. The Labute approximate surface area is 205 Å². The minimum absolute atomic E-state index is 0.0634. The van der Waals surface area contributed by atoms with E-state index in [-0.39, 0.29) is 12.5 Å². The molecule has 9 heteroatoms. The number of hydrazine groups is 1. The second-order valence-corrected chi connectivity index (χ2v) is 9.12. The average molecular weight is 477 g/mol. The van der Waals surface area contributed by atoms with Gasteiger partial charge in [0.05, 0.1) is 12.1 Å². The molecule has 1 saturated heterocycles. The van der Waals surface area contributed by atoms with Gasteiger partial charge in [0, 0.05) is 43.2 Å². The number of aromatic nitrogens is 2. The zero-order chi connectivity index (χ0) is 24.0. The number of hydrogen-bond acceptors (Lipinski definition) is 8. The van der Waals surface area contributed by atoms with Crippen LogP contribution in [-0.4, -0.2) is 61.4 Å². The first-order valence-electron chi connectivity index (χ1n) is 12.2. The molecule has 35 heavy (non-hydrogen) atoms. The Kier molecular flexibility index (Phi) is 7.37. The Balaban J connectivity index is 1.34. The molecule has 1 aromatic heterocycles. The van der Waals surface area contributed by atoms with Crippen LogP contribution in [0.3, 0.4) is 0 Å². The molecule has 1 amide bonds. The predicted octanol–water partition coefficient (Wildman–Crippen LogP) is 2.50. The summed E-state index contributed by atoms with van der Waals surface area (Å²) in [6, 6.07) is 16.6. The summed E-state index contributed by atoms with van der Waals surface area (Å²) in [6.07, 6.45) is 3.34. The minimum Gasteiger partial charge on any atom is -0.484 e. The summed E-state index contributed by atoms with van der Waals surface area (Å²) in [7, 11) is 1.60. The molecule has 0 radical (unpaired) electrons. The van der Waals surface area contributed by atoms with E-state index in [2.05, 4.69) is 27.6 Å². The fourth-order valence-corrected chi connectivity index (χ4v) is 4.86. The molecule has 3 atom stereocenters. The van der Waals surface area contributed by atoms with E-state index in [1.165, 1.54) is 0 Å². The van der Waals surface area contributed by atoms with Crippen LogP contribution < -0.4 is 26.2 Å². The highest BCUT2D eigenvalue weighted by atomic mass is 16.5. The molecule has 2 aliphatic rings. The van der Waals surface area contributed by atoms with Gasteiger partial charge in [0.15, 0.2) is 12.4 Å². The number of carbonyl (C=O) groups excluding carboxylic acids is 1. The van der Waals surface area contributed by atoms with Gasteiger partial charge in [0.25, 0.3) is 5.91 Å². The fourth-order valence-electron chi connectivity index (χ4n) is 4.86. The molecule has 1 aliphatic heterocycles. The molecule has 2 heterocycles. The molecule has 1 saturated carbocycles. The van der Waals surface area contributed by atoms with Crippen LogP contribution in [-0.2, 0) is 9.53 Å². The summed E-state index contributed by atoms with van der Waals surface area (Å²) in [5, 5.41) is 7.49. The quantitative estimate of drug-likeness (QED) is 0.349. The normalized spacial score (nSPS) is 21.5. The van der Waals surface area contributed by atoms with E-state index in [0.29, 0.717) is 42.7 Å². The van der Waals surface area contributed by atoms with Gasteiger partial charge in [-0.3, -0.25) is 15.6 Å². The van der Waals surface area contributed by atoms with E-state index >= 15 is 0 Å². The van der Waals surface area contributed by atoms with E-state index in [1.54, 1.807) is 7.11 Å². The van der Waals surface area contributed by atoms with Gasteiger partial charge in [-0.25, -0.2) is 9.97 Å². The molecular weight excluding hydrogens is 444 g/mol. The maximum absolute atomic E-state index is 12.0. The van der Waals surface area contributed by atoms with E-state index in [9.17, 15) is 4.79 Å². The summed E-state index contributed by atoms with van der Waals surface area (Å²) >= 11 is 0. The second kappa shape index (κ2) is 11.0. The Morgan fingerprint density at radius 3 is 2.97 bits per heavy atom. The zero-order valence-electron chi connectivity index (χ0n) is 19.9. The van der Waals surface area contributed by atoms with E-state index in [1.807, 2.05) is 42.5 Å². The monoisotopic (exact) mass is 476 g/mol. The van der Waals surface area contributed by atoms with Gasteiger partial charge in [-0.15, -0.1) is 0 Å². The minimum atomic E-state index is -0.191. The maximum atomic E-state index is 12.0. The van der Waals surface area contributed by atoms with Crippen LogP contribution in [0, 0.1) is 5.92 Å². The van der Waals surface area contributed by atoms with E-state index in [0.717, 1.165) is 48.1 Å². The predicted molar refractivity (Wildman–Crippen MR) is 135 cm³/mol. The highest BCUT2D eigenvalue weighted by Crippen LogP contribution is 2.32. The summed E-state index contributed by atoms with van der Waals surface area (Å²) in [6.45, 7) is 1.86. The Bertz CT molecular complexity index is 1170. The Morgan fingerprint density at radius 1 is 1.14 bits per heavy atom. The number of amides is 1. The first-order chi connectivity index (χ1) is 17.2. The van der Waals surface area contributed by atoms with Crippen molar-refractivity contribution in [1.82, 2.24) is 26.1 Å². The van der Waals surface area contributed by atoms with Gasteiger partial charge in [0.2, 0.25) is 0 Å². The van der Waals surface area contributed by atoms with Gasteiger partial charge in [0.1, 0.15) is 11.6 Å². The summed E-state index contributed by atoms with van der Waals surface area (Å²) in [4.78, 5) is 21.7. The smallest absolute Gasteiger partial charge is 0.258 e. The third-order valence-corrected chi connectivity index (χ3v) is 6.67. The average Bonchev–Trinajstić information content (AvgIpc) is 3.36. The van der Waals surface area contributed by atoms with Gasteiger partial charge >= 0.3 is 0 Å². The van der Waals surface area contributed by atoms with Crippen molar-refractivity contribution in [1.29, 1.82) is 0 Å². The Morgan fingerprint density at radius 2 is 2.06 bits per heavy atom. The maximum Gasteiger partial charge on any atom is 0.258 e. The molecule has 0 spiro atoms. The number of carbonyl (C=O) groups is 1. The number of hydrogen-bond donors (Lipinski definition) is 4. The van der Waals surface area contributed by atoms with Gasteiger partial charge in [-0.1, -0.05) is 24.3 Å². The number of fused-ring (bicyclic) bond motifs is 2. The van der Waals surface area contributed by atoms with Crippen molar-refractivity contribution < 1.29 is 14.3 Å². The Hall–Kier alpha value is -3.27. The molecule has 2 fully saturated rings. The molecule has 184 valence electrons. The van der Waals surface area contributed by atoms with Crippen LogP contribution in [0.5, 0.6) is 5.75 Å². The highest BCUT2D eigenvalue weighted by Gasteiger charge is 2.34. The lowest BCUT2D eigenvalue weighted by Gasteiger charge is -2.31. The van der Waals surface area contributed by atoms with Crippen molar-refractivity contribution in [2.75, 3.05) is 38.7 Å². The number of rotatable bonds is 9. The highest BCUT2D eigenvalue weighted by molar-refractivity contribution is 5.90. The first kappa shape index (κ1) is 23.5. The van der Waals surface area contributed by atoms with Gasteiger partial charge in [-0.05, 0) is 49.4 Å². The summed E-state index contributed by atoms with van der Waals surface area (Å²) in [5.41, 5.74) is 8.42. The number of nitrogens with zero attached hydrogens (tertiary/aromatic N) is 2. The third-order valence-electron chi connectivity index (χ3n) is 6.67. The van der Waals surface area contributed by atoms with Crippen LogP contribution in [0.4, 0.5) is 5.82 Å². The zero-order valence-corrected chi connectivity index (χ0v) is 19.9. The lowest BCUT2D eigenvalue weighted by Crippen LogP contribution is -2.39. The molecule has 9 nitrogen and oxygen atoms in total. The van der Waals surface area contributed by atoms with Crippen LogP contribution >= 0.6 is 0 Å². The SMILES string of the molecule is COCCNC(=O)COc1cccc(-c2nc(NC3CCC4NNCC4C3)c3ccccc3n2)c1. The number of anilines is 1. The molecule has 3 unspecified atom stereocenters. The standard InChI is InChI=1S/C26H32N6O3/c1-34-12-11-27-24(33)16-35-20-6-4-5-17(14-20)25-30-23-8-3-2-7-21(23)26(31-25)29-19-9-10-22-18(13-19)15-28-32-22/h2-8,14,18-19,22,28,32H,9-13,15-16H2,1H3,(H,27,33)(H,29,30,31). The molecule has 4 N–H and O–H groups in total. The van der Waals surface area contributed by atoms with Crippen molar-refractivity contribution in [3.63, 3.8) is 0 Å². The molecule has 3 aromatic rings. The molecule has 2 aromatic carbocycles. The number of ether oxygens (including phenoxy) is 2. The molecular formula is C26H32N6O3. The van der Waals surface area contributed by atoms with Crippen molar-refractivity contribution in [2.24, 2.45) is 5.92 Å². The molecule has 1 aliphatic carbocycles. The van der Waals surface area contributed by atoms with Crippen LogP contribution in [0.2, 0.25) is 0 Å². The number of para-hydroxylation sites is 1. The molecule has 5 rings (SSSR count). The first-order valence-corrected chi connectivity index (χ1v) is 12.2. The fraction of sp³-hybridized carbons (Fsp3) is 0.423. The number of benzene rings is 2. The van der Waals surface area contributed by atoms with E-state index < -0.39 is 0 Å². The lowest BCUT2D eigenvalue weighted by atomic mass is 9.83. The van der Waals surface area contributed by atoms with Crippen LogP contribution in [0.25, 0.3) is 22.3 Å². The van der Waals surface area contributed by atoms with Crippen LogP contribution in [0.15, 0.2) is 48.5 Å².